The SMILES string of the molecule is CC(C)N1CCN(C(=O)c2cc3c(c4ccccc4n3C)n2-c2ncccn2)CC1. The van der Waals surface area contributed by atoms with E-state index >= 15 is 0 Å². The summed E-state index contributed by atoms with van der Waals surface area (Å²) in [4.78, 5) is 26.9. The maximum atomic E-state index is 13.6. The molecule has 5 rings (SSSR count). The maximum Gasteiger partial charge on any atom is 0.271 e. The van der Waals surface area contributed by atoms with Crippen molar-refractivity contribution in [1.29, 1.82) is 0 Å². The summed E-state index contributed by atoms with van der Waals surface area (Å²) in [7, 11) is 2.04. The van der Waals surface area contributed by atoms with Gasteiger partial charge in [-0.1, -0.05) is 18.2 Å². The van der Waals surface area contributed by atoms with Crippen molar-refractivity contribution in [2.45, 2.75) is 19.9 Å². The van der Waals surface area contributed by atoms with Crippen LogP contribution in [0, 0.1) is 0 Å². The smallest absolute Gasteiger partial charge is 0.271 e. The number of hydrogen-bond donors (Lipinski definition) is 0. The second-order valence-electron chi connectivity index (χ2n) is 8.15. The monoisotopic (exact) mass is 402 g/mol. The molecule has 0 spiro atoms. The molecule has 0 radical (unpaired) electrons. The van der Waals surface area contributed by atoms with Gasteiger partial charge in [0, 0.05) is 57.0 Å². The number of aromatic nitrogens is 4. The number of nitrogens with zero attached hydrogens (tertiary/aromatic N) is 6. The Bertz CT molecular complexity index is 1210. The van der Waals surface area contributed by atoms with Crippen LogP contribution in [0.3, 0.4) is 0 Å². The number of rotatable bonds is 3. The van der Waals surface area contributed by atoms with E-state index in [1.54, 1.807) is 18.5 Å². The molecule has 1 aromatic carbocycles. The summed E-state index contributed by atoms with van der Waals surface area (Å²) in [6.45, 7) is 7.66. The van der Waals surface area contributed by atoms with Crippen LogP contribution in [-0.4, -0.2) is 67.0 Å². The Balaban J connectivity index is 1.65. The summed E-state index contributed by atoms with van der Waals surface area (Å²) < 4.78 is 4.06. The minimum atomic E-state index is 0.0335. The van der Waals surface area contributed by atoms with Crippen LogP contribution in [0.2, 0.25) is 0 Å². The van der Waals surface area contributed by atoms with Crippen LogP contribution in [0.5, 0.6) is 0 Å². The van der Waals surface area contributed by atoms with Crippen molar-refractivity contribution in [2.75, 3.05) is 26.2 Å². The van der Waals surface area contributed by atoms with Gasteiger partial charge in [0.25, 0.3) is 5.91 Å². The lowest BCUT2D eigenvalue weighted by Crippen LogP contribution is -2.51. The Morgan fingerprint density at radius 1 is 0.967 bits per heavy atom. The standard InChI is InChI=1S/C23H26N6O/c1-16(2)27-11-13-28(14-12-27)22(30)20-15-19-21(29(20)23-24-9-6-10-25-23)17-7-4-5-8-18(17)26(19)3/h4-10,15-16H,11-14H2,1-3H3. The van der Waals surface area contributed by atoms with Crippen LogP contribution in [0.1, 0.15) is 24.3 Å². The molecule has 0 N–H and O–H groups in total. The second kappa shape index (κ2) is 7.25. The highest BCUT2D eigenvalue weighted by molar-refractivity contribution is 6.10. The Kier molecular flexibility index (Phi) is 4.55. The first-order chi connectivity index (χ1) is 14.6. The molecule has 1 saturated heterocycles. The number of fused-ring (bicyclic) bond motifs is 3. The van der Waals surface area contributed by atoms with Gasteiger partial charge >= 0.3 is 0 Å². The molecule has 4 aromatic rings. The quantitative estimate of drug-likeness (QED) is 0.528. The molecule has 0 aliphatic carbocycles. The van der Waals surface area contributed by atoms with Gasteiger partial charge < -0.3 is 9.47 Å². The molecule has 0 bridgehead atoms. The van der Waals surface area contributed by atoms with Gasteiger partial charge in [0.1, 0.15) is 5.69 Å². The van der Waals surface area contributed by atoms with Gasteiger partial charge in [-0.3, -0.25) is 14.3 Å². The fourth-order valence-corrected chi connectivity index (χ4v) is 4.48. The van der Waals surface area contributed by atoms with E-state index in [1.807, 2.05) is 34.7 Å². The van der Waals surface area contributed by atoms with Crippen molar-refractivity contribution >= 4 is 27.8 Å². The van der Waals surface area contributed by atoms with Crippen molar-refractivity contribution in [3.63, 3.8) is 0 Å². The molecule has 4 heterocycles. The predicted octanol–water partition coefficient (Wildman–Crippen LogP) is 3.08. The number of piperazine rings is 1. The molecule has 1 aliphatic heterocycles. The van der Waals surface area contributed by atoms with Crippen molar-refractivity contribution < 1.29 is 4.79 Å². The summed E-state index contributed by atoms with van der Waals surface area (Å²) in [5, 5.41) is 1.09. The molecule has 1 fully saturated rings. The average Bonchev–Trinajstić information content (AvgIpc) is 3.30. The normalized spacial score (nSPS) is 15.5. The third-order valence-corrected chi connectivity index (χ3v) is 6.17. The molecule has 7 heteroatoms. The lowest BCUT2D eigenvalue weighted by atomic mass is 10.2. The lowest BCUT2D eigenvalue weighted by Gasteiger charge is -2.36. The van der Waals surface area contributed by atoms with Crippen molar-refractivity contribution in [3.8, 4) is 5.95 Å². The van der Waals surface area contributed by atoms with Gasteiger partial charge in [-0.2, -0.15) is 0 Å². The highest BCUT2D eigenvalue weighted by Gasteiger charge is 2.28. The van der Waals surface area contributed by atoms with Crippen molar-refractivity contribution in [2.24, 2.45) is 7.05 Å². The lowest BCUT2D eigenvalue weighted by molar-refractivity contribution is 0.0588. The Morgan fingerprint density at radius 3 is 2.37 bits per heavy atom. The van der Waals surface area contributed by atoms with E-state index < -0.39 is 0 Å². The topological polar surface area (TPSA) is 59.2 Å². The summed E-state index contributed by atoms with van der Waals surface area (Å²) >= 11 is 0. The molecule has 3 aromatic heterocycles. The van der Waals surface area contributed by atoms with Gasteiger partial charge in [0.05, 0.1) is 16.6 Å². The van der Waals surface area contributed by atoms with Crippen LogP contribution in [0.15, 0.2) is 48.8 Å². The number of para-hydroxylation sites is 1. The predicted molar refractivity (Wildman–Crippen MR) is 118 cm³/mol. The van der Waals surface area contributed by atoms with E-state index in [4.69, 9.17) is 0 Å². The first-order valence-corrected chi connectivity index (χ1v) is 10.5. The van der Waals surface area contributed by atoms with Gasteiger partial charge in [-0.25, -0.2) is 9.97 Å². The third-order valence-electron chi connectivity index (χ3n) is 6.17. The molecule has 7 nitrogen and oxygen atoms in total. The van der Waals surface area contributed by atoms with Crippen LogP contribution in [0.4, 0.5) is 0 Å². The van der Waals surface area contributed by atoms with E-state index in [0.29, 0.717) is 17.7 Å². The minimum Gasteiger partial charge on any atom is -0.342 e. The van der Waals surface area contributed by atoms with Gasteiger partial charge in [-0.15, -0.1) is 0 Å². The summed E-state index contributed by atoms with van der Waals surface area (Å²) in [5.41, 5.74) is 3.72. The summed E-state index contributed by atoms with van der Waals surface area (Å²) in [5.74, 6) is 0.555. The van der Waals surface area contributed by atoms with Gasteiger partial charge in [-0.05, 0) is 32.0 Å². The fourth-order valence-electron chi connectivity index (χ4n) is 4.48. The highest BCUT2D eigenvalue weighted by Crippen LogP contribution is 2.33. The number of carbonyl (C=O) groups excluding carboxylic acids is 1. The van der Waals surface area contributed by atoms with Crippen LogP contribution < -0.4 is 0 Å². The molecular formula is C23H26N6O. The molecule has 0 atom stereocenters. The number of hydrogen-bond acceptors (Lipinski definition) is 4. The number of benzene rings is 1. The average molecular weight is 403 g/mol. The summed E-state index contributed by atoms with van der Waals surface area (Å²) in [6.07, 6.45) is 3.43. The van der Waals surface area contributed by atoms with Crippen LogP contribution in [0.25, 0.3) is 27.9 Å². The van der Waals surface area contributed by atoms with Crippen LogP contribution in [-0.2, 0) is 7.05 Å². The third kappa shape index (κ3) is 2.89. The summed E-state index contributed by atoms with van der Waals surface area (Å²) in [6, 6.07) is 12.5. The molecule has 0 unspecified atom stereocenters. The molecule has 1 aliphatic rings. The zero-order valence-electron chi connectivity index (χ0n) is 17.6. The molecule has 0 saturated carbocycles. The second-order valence-corrected chi connectivity index (χ2v) is 8.15. The van der Waals surface area contributed by atoms with E-state index in [-0.39, 0.29) is 5.91 Å². The zero-order valence-corrected chi connectivity index (χ0v) is 17.6. The van der Waals surface area contributed by atoms with E-state index in [0.717, 1.165) is 48.1 Å². The Morgan fingerprint density at radius 2 is 1.67 bits per heavy atom. The van der Waals surface area contributed by atoms with E-state index in [9.17, 15) is 4.79 Å². The first-order valence-electron chi connectivity index (χ1n) is 10.5. The van der Waals surface area contributed by atoms with Gasteiger partial charge in [0.15, 0.2) is 0 Å². The molecule has 1 amide bonds. The Hall–Kier alpha value is -3.19. The molecule has 30 heavy (non-hydrogen) atoms. The molecule has 154 valence electrons. The Labute approximate surface area is 175 Å². The number of aryl methyl sites for hydroxylation is 1. The van der Waals surface area contributed by atoms with Crippen LogP contribution >= 0.6 is 0 Å². The first kappa shape index (κ1) is 18.8. The van der Waals surface area contributed by atoms with E-state index in [2.05, 4.69) is 45.4 Å². The largest absolute Gasteiger partial charge is 0.342 e. The van der Waals surface area contributed by atoms with E-state index in [1.165, 1.54) is 0 Å². The molecular weight excluding hydrogens is 376 g/mol. The number of amides is 1. The highest BCUT2D eigenvalue weighted by atomic mass is 16.2. The number of carbonyl (C=O) groups is 1. The fraction of sp³-hybridized carbons (Fsp3) is 0.348. The van der Waals surface area contributed by atoms with Gasteiger partial charge in [0.2, 0.25) is 5.95 Å². The maximum absolute atomic E-state index is 13.6. The van der Waals surface area contributed by atoms with Crippen molar-refractivity contribution in [3.05, 3.63) is 54.5 Å². The van der Waals surface area contributed by atoms with Crippen molar-refractivity contribution in [1.82, 2.24) is 28.9 Å². The zero-order chi connectivity index (χ0) is 20.8. The minimum absolute atomic E-state index is 0.0335.